The van der Waals surface area contributed by atoms with E-state index in [1.807, 2.05) is 19.9 Å². The molecule has 0 spiro atoms. The second kappa shape index (κ2) is 7.07. The maximum absolute atomic E-state index is 11.5. The number of nitriles is 1. The number of ether oxygens (including phenoxy) is 1. The van der Waals surface area contributed by atoms with Gasteiger partial charge in [-0.2, -0.15) is 5.26 Å². The molecule has 1 aliphatic heterocycles. The number of pyridine rings is 1. The zero-order valence-corrected chi connectivity index (χ0v) is 12.6. The van der Waals surface area contributed by atoms with E-state index in [0.29, 0.717) is 24.5 Å². The van der Waals surface area contributed by atoms with Gasteiger partial charge in [0.1, 0.15) is 11.9 Å². The average molecular weight is 287 g/mol. The molecule has 1 aliphatic rings. The van der Waals surface area contributed by atoms with Crippen LogP contribution in [-0.2, 0) is 9.53 Å². The lowest BCUT2D eigenvalue weighted by Gasteiger charge is -2.33. The van der Waals surface area contributed by atoms with Crippen molar-refractivity contribution in [3.63, 3.8) is 0 Å². The molecule has 21 heavy (non-hydrogen) atoms. The Morgan fingerprint density at radius 3 is 2.81 bits per heavy atom. The molecule has 0 unspecified atom stereocenters. The van der Waals surface area contributed by atoms with Gasteiger partial charge in [-0.15, -0.1) is 0 Å². The van der Waals surface area contributed by atoms with Gasteiger partial charge in [0.2, 0.25) is 0 Å². The Labute approximate surface area is 125 Å². The van der Waals surface area contributed by atoms with E-state index in [4.69, 9.17) is 10.00 Å². The second-order valence-electron chi connectivity index (χ2n) is 5.42. The van der Waals surface area contributed by atoms with Crippen LogP contribution >= 0.6 is 0 Å². The maximum atomic E-state index is 11.5. The van der Waals surface area contributed by atoms with Gasteiger partial charge in [-0.3, -0.25) is 4.79 Å². The maximum Gasteiger partial charge on any atom is 0.306 e. The zero-order valence-electron chi connectivity index (χ0n) is 12.6. The number of rotatable bonds is 4. The Balaban J connectivity index is 1.92. The number of carbonyl (C=O) groups is 1. The second-order valence-corrected chi connectivity index (χ2v) is 5.42. The molecule has 2 heterocycles. The van der Waals surface area contributed by atoms with Crippen molar-refractivity contribution in [1.29, 1.82) is 5.26 Å². The summed E-state index contributed by atoms with van der Waals surface area (Å²) in [5.74, 6) is 1.26. The van der Waals surface area contributed by atoms with Gasteiger partial charge < -0.3 is 9.64 Å². The third-order valence-corrected chi connectivity index (χ3v) is 3.85. The van der Waals surface area contributed by atoms with Crippen LogP contribution in [0.15, 0.2) is 12.3 Å². The standard InChI is InChI=1S/C16H21N3O2/c1-3-21-15(20)9-13-4-6-19(7-5-13)16-12(2)8-14(10-17)11-18-16/h8,11,13H,3-7,9H2,1-2H3. The lowest BCUT2D eigenvalue weighted by molar-refractivity contribution is -0.144. The highest BCUT2D eigenvalue weighted by atomic mass is 16.5. The number of aryl methyl sites for hydroxylation is 1. The van der Waals surface area contributed by atoms with Crippen LogP contribution in [0.25, 0.3) is 0 Å². The van der Waals surface area contributed by atoms with Crippen LogP contribution in [0.3, 0.4) is 0 Å². The number of piperidine rings is 1. The molecule has 1 saturated heterocycles. The van der Waals surface area contributed by atoms with Crippen LogP contribution in [0.2, 0.25) is 0 Å². The normalized spacial score (nSPS) is 15.6. The zero-order chi connectivity index (χ0) is 15.2. The van der Waals surface area contributed by atoms with Crippen molar-refractivity contribution < 1.29 is 9.53 Å². The van der Waals surface area contributed by atoms with Gasteiger partial charge in [-0.1, -0.05) is 0 Å². The minimum atomic E-state index is -0.0939. The molecule has 0 N–H and O–H groups in total. The van der Waals surface area contributed by atoms with Crippen molar-refractivity contribution in [3.05, 3.63) is 23.4 Å². The molecule has 112 valence electrons. The SMILES string of the molecule is CCOC(=O)CC1CCN(c2ncc(C#N)cc2C)CC1. The number of hydrogen-bond acceptors (Lipinski definition) is 5. The Kier molecular flexibility index (Phi) is 5.15. The summed E-state index contributed by atoms with van der Waals surface area (Å²) < 4.78 is 5.01. The summed E-state index contributed by atoms with van der Waals surface area (Å²) in [5, 5.41) is 8.88. The lowest BCUT2D eigenvalue weighted by atomic mass is 9.93. The molecule has 1 aromatic heterocycles. The van der Waals surface area contributed by atoms with Gasteiger partial charge in [-0.25, -0.2) is 4.98 Å². The van der Waals surface area contributed by atoms with Gasteiger partial charge in [0.25, 0.3) is 0 Å². The molecule has 2 rings (SSSR count). The molecule has 0 atom stereocenters. The monoisotopic (exact) mass is 287 g/mol. The number of hydrogen-bond donors (Lipinski definition) is 0. The Bertz CT molecular complexity index is 543. The molecule has 0 saturated carbocycles. The predicted octanol–water partition coefficient (Wildman–Crippen LogP) is 2.43. The third-order valence-electron chi connectivity index (χ3n) is 3.85. The van der Waals surface area contributed by atoms with Crippen molar-refractivity contribution in [2.24, 2.45) is 5.92 Å². The van der Waals surface area contributed by atoms with Crippen LogP contribution in [0.5, 0.6) is 0 Å². The Hall–Kier alpha value is -2.09. The van der Waals surface area contributed by atoms with Crippen LogP contribution in [0.4, 0.5) is 5.82 Å². The van der Waals surface area contributed by atoms with E-state index in [1.165, 1.54) is 0 Å². The molecule has 0 bridgehead atoms. The minimum absolute atomic E-state index is 0.0939. The molecule has 5 heteroatoms. The molecular formula is C16H21N3O2. The molecule has 1 aromatic rings. The van der Waals surface area contributed by atoms with Crippen molar-refractivity contribution in [2.75, 3.05) is 24.6 Å². The van der Waals surface area contributed by atoms with Gasteiger partial charge in [0.15, 0.2) is 0 Å². The highest BCUT2D eigenvalue weighted by Gasteiger charge is 2.23. The summed E-state index contributed by atoms with van der Waals surface area (Å²) in [7, 11) is 0. The fourth-order valence-corrected chi connectivity index (χ4v) is 2.76. The summed E-state index contributed by atoms with van der Waals surface area (Å²) >= 11 is 0. The Morgan fingerprint density at radius 1 is 1.52 bits per heavy atom. The van der Waals surface area contributed by atoms with Gasteiger partial charge in [-0.05, 0) is 44.2 Å². The third kappa shape index (κ3) is 3.94. The first kappa shape index (κ1) is 15.3. The highest BCUT2D eigenvalue weighted by molar-refractivity contribution is 5.69. The van der Waals surface area contributed by atoms with Gasteiger partial charge in [0.05, 0.1) is 12.2 Å². The average Bonchev–Trinajstić information content (AvgIpc) is 2.48. The summed E-state index contributed by atoms with van der Waals surface area (Å²) in [6.45, 7) is 6.05. The van der Waals surface area contributed by atoms with Crippen LogP contribution in [-0.4, -0.2) is 30.6 Å². The van der Waals surface area contributed by atoms with E-state index in [2.05, 4.69) is 16.0 Å². The van der Waals surface area contributed by atoms with Crippen molar-refractivity contribution >= 4 is 11.8 Å². The molecule has 0 aromatic carbocycles. The number of esters is 1. The fourth-order valence-electron chi connectivity index (χ4n) is 2.76. The first-order chi connectivity index (χ1) is 10.1. The molecular weight excluding hydrogens is 266 g/mol. The smallest absolute Gasteiger partial charge is 0.306 e. The summed E-state index contributed by atoms with van der Waals surface area (Å²) in [4.78, 5) is 18.1. The van der Waals surface area contributed by atoms with Crippen molar-refractivity contribution in [2.45, 2.75) is 33.1 Å². The first-order valence-electron chi connectivity index (χ1n) is 7.41. The number of aromatic nitrogens is 1. The molecule has 5 nitrogen and oxygen atoms in total. The van der Waals surface area contributed by atoms with E-state index in [9.17, 15) is 4.79 Å². The molecule has 0 aliphatic carbocycles. The summed E-state index contributed by atoms with van der Waals surface area (Å²) in [6, 6.07) is 3.97. The fraction of sp³-hybridized carbons (Fsp3) is 0.562. The van der Waals surface area contributed by atoms with E-state index in [0.717, 1.165) is 37.3 Å². The molecule has 0 amide bonds. The summed E-state index contributed by atoms with van der Waals surface area (Å²) in [6.07, 6.45) is 4.08. The highest BCUT2D eigenvalue weighted by Crippen LogP contribution is 2.26. The van der Waals surface area contributed by atoms with Crippen LogP contribution < -0.4 is 4.90 Å². The van der Waals surface area contributed by atoms with Gasteiger partial charge in [0, 0.05) is 25.7 Å². The predicted molar refractivity (Wildman–Crippen MR) is 79.9 cm³/mol. The van der Waals surface area contributed by atoms with E-state index >= 15 is 0 Å². The van der Waals surface area contributed by atoms with Gasteiger partial charge >= 0.3 is 5.97 Å². The quantitative estimate of drug-likeness (QED) is 0.796. The van der Waals surface area contributed by atoms with E-state index in [1.54, 1.807) is 6.20 Å². The number of nitrogens with zero attached hydrogens (tertiary/aromatic N) is 3. The number of anilines is 1. The number of carbonyl (C=O) groups excluding carboxylic acids is 1. The van der Waals surface area contributed by atoms with Crippen molar-refractivity contribution in [1.82, 2.24) is 4.98 Å². The minimum Gasteiger partial charge on any atom is -0.466 e. The summed E-state index contributed by atoms with van der Waals surface area (Å²) in [5.41, 5.74) is 1.62. The van der Waals surface area contributed by atoms with Crippen molar-refractivity contribution in [3.8, 4) is 6.07 Å². The van der Waals surface area contributed by atoms with Crippen LogP contribution in [0.1, 0.15) is 37.3 Å². The largest absolute Gasteiger partial charge is 0.466 e. The molecule has 0 radical (unpaired) electrons. The lowest BCUT2D eigenvalue weighted by Crippen LogP contribution is -2.35. The van der Waals surface area contributed by atoms with E-state index in [-0.39, 0.29) is 5.97 Å². The Morgan fingerprint density at radius 2 is 2.24 bits per heavy atom. The first-order valence-corrected chi connectivity index (χ1v) is 7.41. The molecule has 1 fully saturated rings. The topological polar surface area (TPSA) is 66.2 Å². The van der Waals surface area contributed by atoms with E-state index < -0.39 is 0 Å². The van der Waals surface area contributed by atoms with Crippen LogP contribution in [0, 0.1) is 24.2 Å².